The van der Waals surface area contributed by atoms with Gasteiger partial charge in [-0.25, -0.2) is 18.1 Å². The highest BCUT2D eigenvalue weighted by atomic mass is 32.5. The van der Waals surface area contributed by atoms with Gasteiger partial charge >= 0.3 is 20.2 Å². The molecule has 42 heavy (non-hydrogen) atoms. The van der Waals surface area contributed by atoms with E-state index in [4.69, 9.17) is 24.6 Å². The van der Waals surface area contributed by atoms with Gasteiger partial charge in [-0.1, -0.05) is 11.2 Å². The van der Waals surface area contributed by atoms with Crippen LogP contribution in [0, 0.1) is 0 Å². The van der Waals surface area contributed by atoms with Gasteiger partial charge in [0.15, 0.2) is 18.7 Å². The minimum atomic E-state index is -5.58. The third-order valence-corrected chi connectivity index (χ3v) is 9.67. The Morgan fingerprint density at radius 3 is 2.52 bits per heavy atom. The first kappa shape index (κ1) is 34.5. The Morgan fingerprint density at radius 1 is 1.29 bits per heavy atom. The number of phosphoric acid groups is 1. The molecular weight excluding hydrogens is 639 g/mol. The van der Waals surface area contributed by atoms with E-state index in [1.165, 1.54) is 0 Å². The molecule has 2 aliphatic heterocycles. The molecule has 20 nitrogen and oxygen atoms in total. The van der Waals surface area contributed by atoms with Crippen molar-refractivity contribution in [2.45, 2.75) is 60.9 Å². The summed E-state index contributed by atoms with van der Waals surface area (Å²) in [5.74, 6) is 0. The normalized spacial score (nSPS) is 36.8. The molecule has 12 atom stereocenters. The van der Waals surface area contributed by atoms with Crippen molar-refractivity contribution >= 4 is 26.3 Å². The van der Waals surface area contributed by atoms with E-state index in [9.17, 15) is 48.8 Å². The van der Waals surface area contributed by atoms with Crippen LogP contribution >= 0.6 is 14.5 Å². The number of hydrogen-bond donors (Lipinski definition) is 8. The van der Waals surface area contributed by atoms with Crippen molar-refractivity contribution in [3.8, 4) is 0 Å². The van der Waals surface area contributed by atoms with E-state index >= 15 is 0 Å². The van der Waals surface area contributed by atoms with Crippen LogP contribution in [0.15, 0.2) is 39.6 Å². The molecule has 2 saturated heterocycles. The number of aliphatic hydroxyl groups is 5. The van der Waals surface area contributed by atoms with Gasteiger partial charge in [-0.15, -0.1) is 6.58 Å². The minimum absolute atomic E-state index is 0.759. The molecular formula is C18H26FN5O15P2S. The van der Waals surface area contributed by atoms with E-state index in [1.54, 1.807) is 0 Å². The monoisotopic (exact) mass is 665 g/mol. The van der Waals surface area contributed by atoms with Gasteiger partial charge in [-0.05, 0) is 17.3 Å². The fraction of sp³-hybridized carbons (Fsp3) is 0.667. The molecule has 0 spiro atoms. The summed E-state index contributed by atoms with van der Waals surface area (Å²) in [5, 5.41) is 53.1. The molecule has 3 heterocycles. The average Bonchev–Trinajstić information content (AvgIpc) is 3.18. The number of aliphatic hydroxyl groups excluding tert-OH is 5. The van der Waals surface area contributed by atoms with Crippen molar-refractivity contribution in [3.05, 3.63) is 56.2 Å². The molecule has 1 aromatic heterocycles. The predicted molar refractivity (Wildman–Crippen MR) is 136 cm³/mol. The first-order chi connectivity index (χ1) is 19.5. The zero-order valence-electron chi connectivity index (χ0n) is 20.9. The topological polar surface area (TPSA) is 308 Å². The summed E-state index contributed by atoms with van der Waals surface area (Å²) in [6.07, 6.45) is -16.3. The Labute approximate surface area is 238 Å². The summed E-state index contributed by atoms with van der Waals surface area (Å²) in [7, 11) is -5.58. The molecule has 0 saturated carbocycles. The Kier molecular flexibility index (Phi) is 11.0. The molecule has 2 aliphatic rings. The maximum absolute atomic E-state index is 13.9. The highest BCUT2D eigenvalue weighted by molar-refractivity contribution is 8.08. The van der Waals surface area contributed by atoms with E-state index in [0.29, 0.717) is 0 Å². The summed E-state index contributed by atoms with van der Waals surface area (Å²) < 4.78 is 51.6. The van der Waals surface area contributed by atoms with Gasteiger partial charge in [0.2, 0.25) is 0 Å². The van der Waals surface area contributed by atoms with E-state index in [1.807, 2.05) is 4.98 Å². The van der Waals surface area contributed by atoms with E-state index in [-0.39, 0.29) is 0 Å². The van der Waals surface area contributed by atoms with Crippen molar-refractivity contribution in [1.29, 1.82) is 0 Å². The number of nitrogens with one attached hydrogen (secondary N) is 1. The van der Waals surface area contributed by atoms with Gasteiger partial charge in [-0.2, -0.15) is 0 Å². The van der Waals surface area contributed by atoms with Crippen LogP contribution in [-0.4, -0.2) is 113 Å². The van der Waals surface area contributed by atoms with Gasteiger partial charge in [0.1, 0.15) is 42.2 Å². The quantitative estimate of drug-likeness (QED) is 0.0377. The molecule has 0 amide bonds. The first-order valence-electron chi connectivity index (χ1n) is 11.5. The van der Waals surface area contributed by atoms with Crippen LogP contribution in [0.2, 0.25) is 0 Å². The Morgan fingerprint density at radius 2 is 1.95 bits per heavy atom. The SMILES string of the molecule is C=C[C@@]1(N=[N+]=[N-])[C@H](O)[C@@H](COP(O)(=S)OP(=O)(O)OC2OC([C@@H](F)CO)C(O)C(O)C2O)O[C@H]1n1ccc(=O)[nH]c1=O. The van der Waals surface area contributed by atoms with Gasteiger partial charge in [0, 0.05) is 17.2 Å². The second kappa shape index (κ2) is 13.4. The number of azide groups is 1. The number of aromatic nitrogens is 2. The number of rotatable bonds is 12. The Hall–Kier alpha value is -1.94. The maximum Gasteiger partial charge on any atom is 0.481 e. The summed E-state index contributed by atoms with van der Waals surface area (Å²) in [6, 6.07) is 0.928. The molecule has 8 N–H and O–H groups in total. The van der Waals surface area contributed by atoms with Crippen LogP contribution in [0.1, 0.15) is 6.23 Å². The molecule has 3 rings (SSSR count). The summed E-state index contributed by atoms with van der Waals surface area (Å²) >= 11 is 4.67. The standard InChI is InChI=1S/C18H26FN5O15P2S/c1-2-18(22-23-20)14(30)8(36-16(18)24-4-3-9(26)21-17(24)31)6-35-41(34,42)39-40(32,33)38-15-12(29)10(27)11(28)13(37-15)7(19)5-25/h2-4,7-8,10-16,25,27-30H,1,5-6H2,(H,32,33)(H,34,42)(H,21,26,31)/t7-,8+,10?,11?,12?,13?,14+,15?,16+,18+,41?/m0/s1. The maximum atomic E-state index is 13.9. The third kappa shape index (κ3) is 7.22. The number of aromatic amines is 1. The highest BCUT2D eigenvalue weighted by Gasteiger charge is 2.56. The third-order valence-electron chi connectivity index (χ3n) is 6.16. The lowest BCUT2D eigenvalue weighted by molar-refractivity contribution is -0.287. The zero-order valence-corrected chi connectivity index (χ0v) is 23.5. The molecule has 1 aromatic rings. The molecule has 236 valence electrons. The largest absolute Gasteiger partial charge is 0.481 e. The lowest BCUT2D eigenvalue weighted by Crippen LogP contribution is -2.60. The number of halogens is 1. The number of H-pyrrole nitrogens is 1. The molecule has 0 aromatic carbocycles. The van der Waals surface area contributed by atoms with Crippen LogP contribution < -0.4 is 11.2 Å². The van der Waals surface area contributed by atoms with Crippen molar-refractivity contribution in [2.75, 3.05) is 13.2 Å². The van der Waals surface area contributed by atoms with Gasteiger partial charge in [-0.3, -0.25) is 18.9 Å². The second-order valence-corrected chi connectivity index (χ2v) is 13.2. The van der Waals surface area contributed by atoms with Gasteiger partial charge in [0.05, 0.1) is 13.2 Å². The lowest BCUT2D eigenvalue weighted by atomic mass is 9.91. The number of hydrogen-bond acceptors (Lipinski definition) is 15. The second-order valence-electron chi connectivity index (χ2n) is 8.83. The fourth-order valence-corrected chi connectivity index (χ4v) is 7.21. The smallest absolute Gasteiger partial charge is 0.393 e. The van der Waals surface area contributed by atoms with Crippen LogP contribution in [0.25, 0.3) is 10.4 Å². The van der Waals surface area contributed by atoms with Gasteiger partial charge in [0.25, 0.3) is 5.56 Å². The number of ether oxygens (including phenoxy) is 2. The predicted octanol–water partition coefficient (Wildman–Crippen LogP) is -2.46. The molecule has 0 aliphatic carbocycles. The number of alkyl halides is 1. The average molecular weight is 665 g/mol. The van der Waals surface area contributed by atoms with Crippen molar-refractivity contribution in [3.63, 3.8) is 0 Å². The van der Waals surface area contributed by atoms with Crippen LogP contribution in [-0.2, 0) is 39.2 Å². The van der Waals surface area contributed by atoms with Crippen LogP contribution in [0.3, 0.4) is 0 Å². The number of nitrogens with zero attached hydrogens (tertiary/aromatic N) is 4. The van der Waals surface area contributed by atoms with E-state index in [0.717, 1.165) is 22.9 Å². The Bertz CT molecular complexity index is 1410. The van der Waals surface area contributed by atoms with Crippen molar-refractivity contribution in [2.24, 2.45) is 5.11 Å². The van der Waals surface area contributed by atoms with Gasteiger partial charge < -0.3 is 49.3 Å². The highest BCUT2D eigenvalue weighted by Crippen LogP contribution is 2.62. The summed E-state index contributed by atoms with van der Waals surface area (Å²) in [6.45, 7) is -3.48. The summed E-state index contributed by atoms with van der Waals surface area (Å²) in [4.78, 5) is 48.8. The van der Waals surface area contributed by atoms with Crippen LogP contribution in [0.5, 0.6) is 0 Å². The zero-order chi connectivity index (χ0) is 31.6. The molecule has 24 heteroatoms. The van der Waals surface area contributed by atoms with Crippen LogP contribution in [0.4, 0.5) is 4.39 Å². The lowest BCUT2D eigenvalue weighted by Gasteiger charge is -2.41. The molecule has 0 bridgehead atoms. The number of phosphoric ester groups is 1. The summed E-state index contributed by atoms with van der Waals surface area (Å²) in [5.41, 5.74) is 5.18. The molecule has 2 fully saturated rings. The van der Waals surface area contributed by atoms with E-state index < -0.39 is 99.9 Å². The fourth-order valence-electron chi connectivity index (χ4n) is 4.11. The molecule has 0 radical (unpaired) electrons. The first-order valence-corrected chi connectivity index (χ1v) is 15.6. The minimum Gasteiger partial charge on any atom is -0.393 e. The van der Waals surface area contributed by atoms with Crippen molar-refractivity contribution in [1.82, 2.24) is 9.55 Å². The van der Waals surface area contributed by atoms with Crippen molar-refractivity contribution < 1.29 is 67.1 Å². The Balaban J connectivity index is 1.75. The molecule has 7 unspecified atom stereocenters. The van der Waals surface area contributed by atoms with E-state index in [2.05, 4.69) is 37.2 Å².